The van der Waals surface area contributed by atoms with Crippen LogP contribution in [0.15, 0.2) is 12.2 Å². The lowest BCUT2D eigenvalue weighted by Crippen LogP contribution is -2.51. The molecule has 2 fully saturated rings. The normalized spacial score (nSPS) is 29.8. The molecule has 5 heteroatoms. The van der Waals surface area contributed by atoms with Crippen molar-refractivity contribution in [3.8, 4) is 0 Å². The fourth-order valence-electron chi connectivity index (χ4n) is 4.89. The van der Waals surface area contributed by atoms with Crippen molar-refractivity contribution in [1.29, 1.82) is 0 Å². The summed E-state index contributed by atoms with van der Waals surface area (Å²) in [5.74, 6) is -0.239. The van der Waals surface area contributed by atoms with Crippen LogP contribution in [0.2, 0.25) is 16.6 Å². The average Bonchev–Trinajstić information content (AvgIpc) is 3.02. The first kappa shape index (κ1) is 19.7. The topological polar surface area (TPSA) is 38.5 Å². The van der Waals surface area contributed by atoms with Gasteiger partial charge in [0.05, 0.1) is 18.8 Å². The van der Waals surface area contributed by atoms with Crippen molar-refractivity contribution in [2.24, 2.45) is 0 Å². The Kier molecular flexibility index (Phi) is 6.32. The van der Waals surface area contributed by atoms with E-state index in [1.54, 1.807) is 6.08 Å². The Hall–Kier alpha value is -0.653. The van der Waals surface area contributed by atoms with Gasteiger partial charge in [-0.1, -0.05) is 47.6 Å². The van der Waals surface area contributed by atoms with Crippen molar-refractivity contribution in [3.63, 3.8) is 0 Å². The minimum atomic E-state index is -1.84. The molecule has 2 saturated heterocycles. The van der Waals surface area contributed by atoms with Gasteiger partial charge in [-0.3, -0.25) is 4.90 Å². The highest BCUT2D eigenvalue weighted by molar-refractivity contribution is 6.77. The van der Waals surface area contributed by atoms with Gasteiger partial charge in [-0.25, -0.2) is 4.79 Å². The molecule has 0 saturated carbocycles. The van der Waals surface area contributed by atoms with Crippen LogP contribution in [0.25, 0.3) is 0 Å². The summed E-state index contributed by atoms with van der Waals surface area (Å²) >= 11 is 0. The van der Waals surface area contributed by atoms with Gasteiger partial charge in [0.1, 0.15) is 0 Å². The summed E-state index contributed by atoms with van der Waals surface area (Å²) in [6.45, 7) is 17.4. The van der Waals surface area contributed by atoms with Crippen molar-refractivity contribution in [1.82, 2.24) is 4.90 Å². The first-order valence-electron chi connectivity index (χ1n) is 9.54. The van der Waals surface area contributed by atoms with Crippen LogP contribution >= 0.6 is 0 Å². The fourth-order valence-corrected chi connectivity index (χ4v) is 10.5. The summed E-state index contributed by atoms with van der Waals surface area (Å²) in [5, 5.41) is 0. The summed E-state index contributed by atoms with van der Waals surface area (Å²) in [4.78, 5) is 14.0. The predicted octanol–water partition coefficient (Wildman–Crippen LogP) is 4.12. The Balaban J connectivity index is 2.04. The maximum Gasteiger partial charge on any atom is 0.330 e. The predicted molar refractivity (Wildman–Crippen MR) is 101 cm³/mol. The number of fused-ring (bicyclic) bond motifs is 1. The summed E-state index contributed by atoms with van der Waals surface area (Å²) in [5.41, 5.74) is 1.83. The molecule has 2 heterocycles. The van der Waals surface area contributed by atoms with E-state index in [-0.39, 0.29) is 5.97 Å². The van der Waals surface area contributed by atoms with E-state index in [0.717, 1.165) is 13.0 Å². The molecule has 138 valence electrons. The van der Waals surface area contributed by atoms with Crippen LogP contribution in [-0.4, -0.2) is 50.5 Å². The van der Waals surface area contributed by atoms with Gasteiger partial charge in [-0.05, 0) is 30.0 Å². The van der Waals surface area contributed by atoms with Crippen LogP contribution in [-0.2, 0) is 14.0 Å². The first-order chi connectivity index (χ1) is 11.3. The zero-order chi connectivity index (χ0) is 18.1. The molecule has 0 aromatic heterocycles. The Labute approximate surface area is 148 Å². The van der Waals surface area contributed by atoms with Crippen LogP contribution < -0.4 is 0 Å². The van der Waals surface area contributed by atoms with E-state index in [2.05, 4.69) is 46.4 Å². The Morgan fingerprint density at radius 2 is 1.75 bits per heavy atom. The van der Waals surface area contributed by atoms with Gasteiger partial charge in [-0.2, -0.15) is 0 Å². The number of carbonyl (C=O) groups is 1. The van der Waals surface area contributed by atoms with Crippen LogP contribution in [0.4, 0.5) is 0 Å². The van der Waals surface area contributed by atoms with Crippen molar-refractivity contribution in [2.45, 2.75) is 89.7 Å². The Bertz CT molecular complexity index is 453. The second-order valence-corrected chi connectivity index (χ2v) is 13.5. The van der Waals surface area contributed by atoms with E-state index >= 15 is 0 Å². The van der Waals surface area contributed by atoms with Gasteiger partial charge >= 0.3 is 5.97 Å². The zero-order valence-corrected chi connectivity index (χ0v) is 17.4. The molecule has 0 aromatic carbocycles. The third-order valence-electron chi connectivity index (χ3n) is 5.86. The SMILES string of the molecule is CCOC(=O)/C=C/[C@@H]1[C@H]2[C@@H](O[Si](C(C)C)(C(C)C)C(C)C)CCN21. The summed E-state index contributed by atoms with van der Waals surface area (Å²) < 4.78 is 11.9. The summed E-state index contributed by atoms with van der Waals surface area (Å²) in [7, 11) is -1.84. The first-order valence-corrected chi connectivity index (χ1v) is 11.7. The van der Waals surface area contributed by atoms with Gasteiger partial charge < -0.3 is 9.16 Å². The molecule has 4 atom stereocenters. The number of hydrogen-bond acceptors (Lipinski definition) is 4. The minimum absolute atomic E-state index is 0.239. The van der Waals surface area contributed by atoms with Gasteiger partial charge in [0.2, 0.25) is 8.32 Å². The molecule has 4 nitrogen and oxygen atoms in total. The number of ether oxygens (including phenoxy) is 1. The van der Waals surface area contributed by atoms with Crippen LogP contribution in [0, 0.1) is 0 Å². The third kappa shape index (κ3) is 3.63. The van der Waals surface area contributed by atoms with Crippen molar-refractivity contribution >= 4 is 14.3 Å². The van der Waals surface area contributed by atoms with Crippen molar-refractivity contribution in [3.05, 3.63) is 12.2 Å². The summed E-state index contributed by atoms with van der Waals surface area (Å²) in [6, 6.07) is 0.810. The van der Waals surface area contributed by atoms with E-state index in [1.807, 2.05) is 13.0 Å². The monoisotopic (exact) mass is 353 g/mol. The number of rotatable bonds is 8. The van der Waals surface area contributed by atoms with Crippen LogP contribution in [0.5, 0.6) is 0 Å². The Morgan fingerprint density at radius 3 is 2.25 bits per heavy atom. The van der Waals surface area contributed by atoms with Crippen molar-refractivity contribution in [2.75, 3.05) is 13.2 Å². The zero-order valence-electron chi connectivity index (χ0n) is 16.4. The minimum Gasteiger partial charge on any atom is -0.463 e. The molecule has 24 heavy (non-hydrogen) atoms. The molecule has 0 radical (unpaired) electrons. The van der Waals surface area contributed by atoms with Crippen LogP contribution in [0.3, 0.4) is 0 Å². The molecule has 0 N–H and O–H groups in total. The molecule has 0 aromatic rings. The average molecular weight is 354 g/mol. The van der Waals surface area contributed by atoms with E-state index in [1.165, 1.54) is 0 Å². The second-order valence-electron chi connectivity index (χ2n) is 8.09. The number of carbonyl (C=O) groups excluding carboxylic acids is 1. The maximum atomic E-state index is 11.5. The van der Waals surface area contributed by atoms with E-state index in [0.29, 0.717) is 41.4 Å². The molecule has 0 amide bonds. The molecular formula is C19H35NO3Si. The summed E-state index contributed by atoms with van der Waals surface area (Å²) in [6.07, 6.45) is 5.03. The molecule has 2 aliphatic rings. The van der Waals surface area contributed by atoms with E-state index in [4.69, 9.17) is 9.16 Å². The smallest absolute Gasteiger partial charge is 0.330 e. The number of piperidine rings is 1. The third-order valence-corrected chi connectivity index (χ3v) is 12.0. The molecule has 0 spiro atoms. The molecule has 0 bridgehead atoms. The Morgan fingerprint density at radius 1 is 1.17 bits per heavy atom. The number of nitrogens with zero attached hydrogens (tertiary/aromatic N) is 1. The fraction of sp³-hybridized carbons (Fsp3) is 0.842. The van der Waals surface area contributed by atoms with Gasteiger partial charge in [0.25, 0.3) is 0 Å². The van der Waals surface area contributed by atoms with Crippen molar-refractivity contribution < 1.29 is 14.0 Å². The quantitative estimate of drug-likeness (QED) is 0.285. The molecule has 0 aliphatic carbocycles. The highest BCUT2D eigenvalue weighted by Crippen LogP contribution is 2.48. The highest BCUT2D eigenvalue weighted by Gasteiger charge is 2.58. The molecule has 2 rings (SSSR count). The molecule has 1 unspecified atom stereocenters. The molecule has 2 aliphatic heterocycles. The maximum absolute atomic E-state index is 11.5. The highest BCUT2D eigenvalue weighted by atomic mass is 28.4. The van der Waals surface area contributed by atoms with Gasteiger partial charge in [0.15, 0.2) is 0 Å². The number of hydrogen-bond donors (Lipinski definition) is 0. The lowest BCUT2D eigenvalue weighted by Gasteiger charge is -2.44. The van der Waals surface area contributed by atoms with Gasteiger partial charge in [-0.15, -0.1) is 0 Å². The lowest BCUT2D eigenvalue weighted by atomic mass is 10.1. The lowest BCUT2D eigenvalue weighted by molar-refractivity contribution is -0.137. The molecular weight excluding hydrogens is 318 g/mol. The standard InChI is InChI=1S/C19H35NO3Si/c1-8-22-18(21)10-9-16-19-17(11-12-20(16)19)23-24(13(2)3,14(4)5)15(6)7/h9-10,13-17,19H,8,11-12H2,1-7H3/b10-9+/t16-,17+,19+,20?/m1/s1. The van der Waals surface area contributed by atoms with E-state index in [9.17, 15) is 4.79 Å². The largest absolute Gasteiger partial charge is 0.463 e. The number of esters is 1. The second kappa shape index (κ2) is 7.71. The van der Waals surface area contributed by atoms with Gasteiger partial charge in [0, 0.05) is 18.7 Å². The van der Waals surface area contributed by atoms with E-state index < -0.39 is 8.32 Å². The van der Waals surface area contributed by atoms with Crippen LogP contribution in [0.1, 0.15) is 54.9 Å².